The van der Waals surface area contributed by atoms with Crippen molar-refractivity contribution in [1.29, 1.82) is 0 Å². The zero-order valence-electron chi connectivity index (χ0n) is 15.3. The predicted octanol–water partition coefficient (Wildman–Crippen LogP) is 2.79. The Labute approximate surface area is 158 Å². The average molecular weight is 366 g/mol. The molecule has 0 saturated carbocycles. The smallest absolute Gasteiger partial charge is 0.246 e. The summed E-state index contributed by atoms with van der Waals surface area (Å²) < 4.78 is 15.9. The third kappa shape index (κ3) is 3.84. The first kappa shape index (κ1) is 17.3. The van der Waals surface area contributed by atoms with Crippen LogP contribution in [0.4, 0.5) is 5.69 Å². The summed E-state index contributed by atoms with van der Waals surface area (Å²) in [5.74, 6) is 2.34. The molecule has 1 fully saturated rings. The fourth-order valence-electron chi connectivity index (χ4n) is 3.27. The molecule has 6 nitrogen and oxygen atoms in total. The van der Waals surface area contributed by atoms with Gasteiger partial charge >= 0.3 is 0 Å². The fraction of sp³-hybridized carbons (Fsp3) is 0.286. The summed E-state index contributed by atoms with van der Waals surface area (Å²) in [5, 5.41) is 0. The van der Waals surface area contributed by atoms with Gasteiger partial charge in [0.1, 0.15) is 5.75 Å². The standard InChI is InChI=1S/C21H22N2O4/c1-25-18-6-4-17(5-7-18)22-10-12-23(13-11-22)21(24)9-3-16-2-8-19-20(14-16)27-15-26-19/h2-9,14H,10-13,15H2,1H3. The third-order valence-corrected chi connectivity index (χ3v) is 4.84. The van der Waals surface area contributed by atoms with Gasteiger partial charge < -0.3 is 24.0 Å². The molecule has 2 heterocycles. The van der Waals surface area contributed by atoms with Crippen LogP contribution in [0, 0.1) is 0 Å². The van der Waals surface area contributed by atoms with Crippen molar-refractivity contribution >= 4 is 17.7 Å². The summed E-state index contributed by atoms with van der Waals surface area (Å²) in [6.45, 7) is 3.29. The number of hydrogen-bond acceptors (Lipinski definition) is 5. The van der Waals surface area contributed by atoms with Gasteiger partial charge in [0.25, 0.3) is 0 Å². The van der Waals surface area contributed by atoms with Crippen LogP contribution in [0.2, 0.25) is 0 Å². The predicted molar refractivity (Wildman–Crippen MR) is 103 cm³/mol. The monoisotopic (exact) mass is 366 g/mol. The van der Waals surface area contributed by atoms with Gasteiger partial charge in [-0.05, 0) is 48.0 Å². The van der Waals surface area contributed by atoms with Crippen molar-refractivity contribution in [3.8, 4) is 17.2 Å². The second-order valence-electron chi connectivity index (χ2n) is 6.46. The van der Waals surface area contributed by atoms with E-state index in [9.17, 15) is 4.79 Å². The Morgan fingerprint density at radius 3 is 2.48 bits per heavy atom. The molecule has 6 heteroatoms. The van der Waals surface area contributed by atoms with Crippen LogP contribution in [-0.4, -0.2) is 50.9 Å². The quantitative estimate of drug-likeness (QED) is 0.779. The lowest BCUT2D eigenvalue weighted by Crippen LogP contribution is -2.48. The molecule has 0 aliphatic carbocycles. The molecule has 0 atom stereocenters. The minimum absolute atomic E-state index is 0.0297. The van der Waals surface area contributed by atoms with E-state index in [0.717, 1.165) is 41.6 Å². The van der Waals surface area contributed by atoms with Gasteiger partial charge in [-0.2, -0.15) is 0 Å². The van der Waals surface area contributed by atoms with E-state index < -0.39 is 0 Å². The first-order valence-corrected chi connectivity index (χ1v) is 8.98. The first-order valence-electron chi connectivity index (χ1n) is 8.98. The molecule has 27 heavy (non-hydrogen) atoms. The molecule has 2 aromatic rings. The Hall–Kier alpha value is -3.15. The van der Waals surface area contributed by atoms with E-state index in [1.807, 2.05) is 41.3 Å². The SMILES string of the molecule is COc1ccc(N2CCN(C(=O)C=Cc3ccc4c(c3)OCO4)CC2)cc1. The molecule has 2 aromatic carbocycles. The zero-order chi connectivity index (χ0) is 18.6. The van der Waals surface area contributed by atoms with Crippen LogP contribution in [0.5, 0.6) is 17.2 Å². The lowest BCUT2D eigenvalue weighted by molar-refractivity contribution is -0.126. The number of anilines is 1. The van der Waals surface area contributed by atoms with Crippen LogP contribution >= 0.6 is 0 Å². The van der Waals surface area contributed by atoms with Crippen LogP contribution in [-0.2, 0) is 4.79 Å². The van der Waals surface area contributed by atoms with Crippen molar-refractivity contribution in [2.75, 3.05) is 45.0 Å². The van der Waals surface area contributed by atoms with Gasteiger partial charge in [0.2, 0.25) is 12.7 Å². The van der Waals surface area contributed by atoms with Gasteiger partial charge in [-0.25, -0.2) is 0 Å². The topological polar surface area (TPSA) is 51.2 Å². The average Bonchev–Trinajstić information content (AvgIpc) is 3.20. The number of hydrogen-bond donors (Lipinski definition) is 0. The maximum Gasteiger partial charge on any atom is 0.246 e. The van der Waals surface area contributed by atoms with Crippen LogP contribution in [0.15, 0.2) is 48.5 Å². The highest BCUT2D eigenvalue weighted by atomic mass is 16.7. The summed E-state index contributed by atoms with van der Waals surface area (Å²) in [5.41, 5.74) is 2.07. The molecule has 2 aliphatic heterocycles. The van der Waals surface area contributed by atoms with Crippen molar-refractivity contribution in [2.24, 2.45) is 0 Å². The molecular weight excluding hydrogens is 344 g/mol. The largest absolute Gasteiger partial charge is 0.497 e. The Morgan fingerprint density at radius 2 is 1.74 bits per heavy atom. The molecule has 0 aromatic heterocycles. The van der Waals surface area contributed by atoms with Crippen LogP contribution in [0.1, 0.15) is 5.56 Å². The molecule has 0 bridgehead atoms. The molecule has 2 aliphatic rings. The zero-order valence-corrected chi connectivity index (χ0v) is 15.3. The minimum atomic E-state index is 0.0297. The lowest BCUT2D eigenvalue weighted by atomic mass is 10.2. The summed E-state index contributed by atoms with van der Waals surface area (Å²) in [6.07, 6.45) is 3.45. The van der Waals surface area contributed by atoms with Gasteiger partial charge in [0, 0.05) is 37.9 Å². The van der Waals surface area contributed by atoms with Gasteiger partial charge in [-0.15, -0.1) is 0 Å². The Balaban J connectivity index is 1.33. The summed E-state index contributed by atoms with van der Waals surface area (Å²) >= 11 is 0. The molecular formula is C21H22N2O4. The van der Waals surface area contributed by atoms with E-state index in [1.165, 1.54) is 0 Å². The van der Waals surface area contributed by atoms with Crippen LogP contribution < -0.4 is 19.1 Å². The van der Waals surface area contributed by atoms with Crippen LogP contribution in [0.25, 0.3) is 6.08 Å². The number of fused-ring (bicyclic) bond motifs is 1. The van der Waals surface area contributed by atoms with E-state index in [4.69, 9.17) is 14.2 Å². The molecule has 1 saturated heterocycles. The van der Waals surface area contributed by atoms with Crippen molar-refractivity contribution in [2.45, 2.75) is 0 Å². The first-order chi connectivity index (χ1) is 13.2. The third-order valence-electron chi connectivity index (χ3n) is 4.84. The number of rotatable bonds is 4. The number of carbonyl (C=O) groups excluding carboxylic acids is 1. The maximum atomic E-state index is 12.5. The second-order valence-corrected chi connectivity index (χ2v) is 6.46. The number of benzene rings is 2. The summed E-state index contributed by atoms with van der Waals surface area (Å²) in [4.78, 5) is 16.6. The normalized spacial score (nSPS) is 16.0. The van der Waals surface area contributed by atoms with Crippen molar-refractivity contribution in [3.05, 3.63) is 54.1 Å². The number of ether oxygens (including phenoxy) is 3. The number of carbonyl (C=O) groups is 1. The molecule has 0 unspecified atom stereocenters. The van der Waals surface area contributed by atoms with Gasteiger partial charge in [-0.3, -0.25) is 4.79 Å². The van der Waals surface area contributed by atoms with Gasteiger partial charge in [0.05, 0.1) is 7.11 Å². The van der Waals surface area contributed by atoms with Gasteiger partial charge in [0.15, 0.2) is 11.5 Å². The molecule has 0 N–H and O–H groups in total. The summed E-state index contributed by atoms with van der Waals surface area (Å²) in [7, 11) is 1.66. The lowest BCUT2D eigenvalue weighted by Gasteiger charge is -2.35. The van der Waals surface area contributed by atoms with Crippen molar-refractivity contribution in [1.82, 2.24) is 4.90 Å². The second kappa shape index (κ2) is 7.61. The van der Waals surface area contributed by atoms with Crippen molar-refractivity contribution in [3.63, 3.8) is 0 Å². The number of nitrogens with zero attached hydrogens (tertiary/aromatic N) is 2. The van der Waals surface area contributed by atoms with Crippen LogP contribution in [0.3, 0.4) is 0 Å². The Kier molecular flexibility index (Phi) is 4.87. The molecule has 0 spiro atoms. The molecule has 0 radical (unpaired) electrons. The molecule has 4 rings (SSSR count). The fourth-order valence-corrected chi connectivity index (χ4v) is 3.27. The number of amides is 1. The van der Waals surface area contributed by atoms with Crippen molar-refractivity contribution < 1.29 is 19.0 Å². The summed E-state index contributed by atoms with van der Waals surface area (Å²) in [6, 6.07) is 13.7. The van der Waals surface area contributed by atoms with E-state index in [-0.39, 0.29) is 12.7 Å². The Bertz CT molecular complexity index is 840. The van der Waals surface area contributed by atoms with E-state index in [1.54, 1.807) is 13.2 Å². The van der Waals surface area contributed by atoms with E-state index in [0.29, 0.717) is 13.1 Å². The van der Waals surface area contributed by atoms with Gasteiger partial charge in [-0.1, -0.05) is 6.07 Å². The molecule has 1 amide bonds. The van der Waals surface area contributed by atoms with E-state index in [2.05, 4.69) is 17.0 Å². The number of methoxy groups -OCH3 is 1. The Morgan fingerprint density at radius 1 is 1.00 bits per heavy atom. The maximum absolute atomic E-state index is 12.5. The highest BCUT2D eigenvalue weighted by Crippen LogP contribution is 2.32. The highest BCUT2D eigenvalue weighted by Gasteiger charge is 2.20. The highest BCUT2D eigenvalue weighted by molar-refractivity contribution is 5.92. The number of piperazine rings is 1. The van der Waals surface area contributed by atoms with E-state index >= 15 is 0 Å². The molecule has 140 valence electrons. The minimum Gasteiger partial charge on any atom is -0.497 e.